The average molecular weight is 274 g/mol. The van der Waals surface area contributed by atoms with Gasteiger partial charge in [0, 0.05) is 5.92 Å². The van der Waals surface area contributed by atoms with Crippen LogP contribution in [0.2, 0.25) is 18.1 Å². The molecule has 0 saturated carbocycles. The summed E-state index contributed by atoms with van der Waals surface area (Å²) in [5.41, 5.74) is 2.77. The molecule has 19 heavy (non-hydrogen) atoms. The van der Waals surface area contributed by atoms with Gasteiger partial charge < -0.3 is 4.43 Å². The smallest absolute Gasteiger partial charge is 0.250 e. The highest BCUT2D eigenvalue weighted by molar-refractivity contribution is 6.74. The van der Waals surface area contributed by atoms with E-state index in [9.17, 15) is 0 Å². The van der Waals surface area contributed by atoms with Crippen molar-refractivity contribution in [3.8, 4) is 0 Å². The van der Waals surface area contributed by atoms with Gasteiger partial charge in [0.2, 0.25) is 8.32 Å². The Hall–Kier alpha value is -1.02. The molecular formula is C17H26OSi. The fourth-order valence-corrected chi connectivity index (χ4v) is 3.43. The van der Waals surface area contributed by atoms with Crippen LogP contribution in [-0.4, -0.2) is 8.32 Å². The van der Waals surface area contributed by atoms with E-state index in [1.54, 1.807) is 0 Å². The summed E-state index contributed by atoms with van der Waals surface area (Å²) in [5.74, 6) is 1.64. The van der Waals surface area contributed by atoms with Crippen molar-refractivity contribution < 1.29 is 4.43 Å². The summed E-state index contributed by atoms with van der Waals surface area (Å²) < 4.78 is 6.55. The van der Waals surface area contributed by atoms with Crippen LogP contribution in [0.5, 0.6) is 0 Å². The monoisotopic (exact) mass is 274 g/mol. The largest absolute Gasteiger partial charge is 0.546 e. The Morgan fingerprint density at radius 2 is 1.79 bits per heavy atom. The molecule has 1 unspecified atom stereocenters. The quantitative estimate of drug-likeness (QED) is 0.656. The minimum atomic E-state index is -1.74. The molecule has 1 aromatic rings. The van der Waals surface area contributed by atoms with Gasteiger partial charge in [-0.3, -0.25) is 0 Å². The summed E-state index contributed by atoms with van der Waals surface area (Å²) in [6, 6.07) is 8.67. The van der Waals surface area contributed by atoms with Crippen LogP contribution in [0.25, 0.3) is 6.08 Å². The van der Waals surface area contributed by atoms with E-state index in [1.807, 2.05) is 0 Å². The minimum Gasteiger partial charge on any atom is -0.546 e. The molecule has 1 nitrogen and oxygen atoms in total. The third-order valence-electron chi connectivity index (χ3n) is 4.60. The SMILES string of the molecule is CCC1C(O[Si](C)(C)C(C)(C)C)=Cc2ccccc21. The molecule has 0 aromatic heterocycles. The van der Waals surface area contributed by atoms with Crippen molar-refractivity contribution in [3.63, 3.8) is 0 Å². The molecule has 0 fully saturated rings. The van der Waals surface area contributed by atoms with Crippen LogP contribution < -0.4 is 0 Å². The second kappa shape index (κ2) is 4.82. The van der Waals surface area contributed by atoms with Crippen molar-refractivity contribution in [1.82, 2.24) is 0 Å². The maximum atomic E-state index is 6.55. The highest BCUT2D eigenvalue weighted by atomic mass is 28.4. The summed E-state index contributed by atoms with van der Waals surface area (Å²) in [7, 11) is -1.74. The van der Waals surface area contributed by atoms with Gasteiger partial charge >= 0.3 is 0 Å². The van der Waals surface area contributed by atoms with E-state index in [4.69, 9.17) is 4.43 Å². The van der Waals surface area contributed by atoms with Crippen LogP contribution in [0.3, 0.4) is 0 Å². The van der Waals surface area contributed by atoms with Gasteiger partial charge in [-0.2, -0.15) is 0 Å². The molecule has 0 bridgehead atoms. The Labute approximate surface area is 118 Å². The number of benzene rings is 1. The van der Waals surface area contributed by atoms with Crippen LogP contribution in [0.1, 0.15) is 51.2 Å². The van der Waals surface area contributed by atoms with Crippen LogP contribution >= 0.6 is 0 Å². The van der Waals surface area contributed by atoms with Crippen molar-refractivity contribution in [3.05, 3.63) is 41.2 Å². The first kappa shape index (κ1) is 14.4. The molecular weight excluding hydrogens is 248 g/mol. The third-order valence-corrected chi connectivity index (χ3v) is 8.96. The first-order valence-electron chi connectivity index (χ1n) is 7.26. The zero-order valence-corrected chi connectivity index (χ0v) is 14.1. The normalized spacial score (nSPS) is 19.1. The molecule has 2 rings (SSSR count). The molecule has 1 aliphatic carbocycles. The van der Waals surface area contributed by atoms with E-state index < -0.39 is 8.32 Å². The van der Waals surface area contributed by atoms with Gasteiger partial charge in [0.25, 0.3) is 0 Å². The van der Waals surface area contributed by atoms with Gasteiger partial charge in [-0.15, -0.1) is 0 Å². The average Bonchev–Trinajstić information content (AvgIpc) is 2.63. The Morgan fingerprint density at radius 1 is 1.16 bits per heavy atom. The summed E-state index contributed by atoms with van der Waals surface area (Å²) >= 11 is 0. The third kappa shape index (κ3) is 2.64. The number of hydrogen-bond acceptors (Lipinski definition) is 1. The van der Waals surface area contributed by atoms with Crippen molar-refractivity contribution in [1.29, 1.82) is 0 Å². The number of fused-ring (bicyclic) bond motifs is 1. The van der Waals surface area contributed by atoms with Crippen LogP contribution in [0.15, 0.2) is 30.0 Å². The number of allylic oxidation sites excluding steroid dienone is 1. The number of rotatable bonds is 3. The standard InChI is InChI=1S/C17H26OSi/c1-7-14-15-11-9-8-10-13(15)12-16(14)18-19(5,6)17(2,3)4/h8-12,14H,7H2,1-6H3. The molecule has 0 spiro atoms. The molecule has 0 amide bonds. The molecule has 104 valence electrons. The lowest BCUT2D eigenvalue weighted by atomic mass is 9.98. The van der Waals surface area contributed by atoms with E-state index in [2.05, 4.69) is 71.1 Å². The fourth-order valence-electron chi connectivity index (χ4n) is 2.34. The topological polar surface area (TPSA) is 9.23 Å². The Morgan fingerprint density at radius 3 is 2.37 bits per heavy atom. The lowest BCUT2D eigenvalue weighted by molar-refractivity contribution is 0.355. The van der Waals surface area contributed by atoms with Gasteiger partial charge in [0.1, 0.15) is 0 Å². The highest BCUT2D eigenvalue weighted by Gasteiger charge is 2.41. The fraction of sp³-hybridized carbons (Fsp3) is 0.529. The van der Waals surface area contributed by atoms with E-state index in [0.717, 1.165) is 6.42 Å². The van der Waals surface area contributed by atoms with Crippen LogP contribution in [0.4, 0.5) is 0 Å². The molecule has 2 heteroatoms. The van der Waals surface area contributed by atoms with E-state index >= 15 is 0 Å². The zero-order valence-electron chi connectivity index (χ0n) is 13.1. The minimum absolute atomic E-state index is 0.251. The predicted molar refractivity (Wildman–Crippen MR) is 85.7 cm³/mol. The first-order valence-corrected chi connectivity index (χ1v) is 10.2. The van der Waals surface area contributed by atoms with E-state index in [0.29, 0.717) is 5.92 Å². The molecule has 0 radical (unpaired) electrons. The lowest BCUT2D eigenvalue weighted by Gasteiger charge is -2.38. The summed E-state index contributed by atoms with van der Waals surface area (Å²) in [6.07, 6.45) is 3.36. The molecule has 0 heterocycles. The molecule has 1 atom stereocenters. The van der Waals surface area contributed by atoms with Crippen LogP contribution in [-0.2, 0) is 4.43 Å². The lowest BCUT2D eigenvalue weighted by Crippen LogP contribution is -2.40. The Bertz CT molecular complexity index is 494. The maximum Gasteiger partial charge on any atom is 0.250 e. The number of hydrogen-bond donors (Lipinski definition) is 0. The van der Waals surface area contributed by atoms with Gasteiger partial charge in [-0.1, -0.05) is 52.0 Å². The summed E-state index contributed by atoms with van der Waals surface area (Å²) in [5, 5.41) is 0.251. The van der Waals surface area contributed by atoms with Gasteiger partial charge in [-0.25, -0.2) is 0 Å². The summed E-state index contributed by atoms with van der Waals surface area (Å²) in [4.78, 5) is 0. The van der Waals surface area contributed by atoms with Crippen molar-refractivity contribution in [2.45, 2.75) is 58.2 Å². The van der Waals surface area contributed by atoms with Crippen LogP contribution in [0, 0.1) is 0 Å². The van der Waals surface area contributed by atoms with Gasteiger partial charge in [0.15, 0.2) is 0 Å². The van der Waals surface area contributed by atoms with Gasteiger partial charge in [-0.05, 0) is 41.8 Å². The molecule has 0 saturated heterocycles. The first-order chi connectivity index (χ1) is 8.76. The second-order valence-electron chi connectivity index (χ2n) is 7.00. The van der Waals surface area contributed by atoms with Crippen molar-refractivity contribution in [2.75, 3.05) is 0 Å². The predicted octanol–water partition coefficient (Wildman–Crippen LogP) is 5.56. The Kier molecular flexibility index (Phi) is 3.65. The van der Waals surface area contributed by atoms with E-state index in [1.165, 1.54) is 16.9 Å². The van der Waals surface area contributed by atoms with Crippen molar-refractivity contribution >= 4 is 14.4 Å². The molecule has 1 aliphatic rings. The molecule has 0 N–H and O–H groups in total. The molecule has 1 aromatic carbocycles. The van der Waals surface area contributed by atoms with E-state index in [-0.39, 0.29) is 5.04 Å². The second-order valence-corrected chi connectivity index (χ2v) is 11.7. The summed E-state index contributed by atoms with van der Waals surface area (Å²) in [6.45, 7) is 13.8. The highest BCUT2D eigenvalue weighted by Crippen LogP contribution is 2.44. The maximum absolute atomic E-state index is 6.55. The Balaban J connectivity index is 2.29. The molecule has 0 aliphatic heterocycles. The van der Waals surface area contributed by atoms with Crippen molar-refractivity contribution in [2.24, 2.45) is 0 Å². The zero-order chi connectivity index (χ0) is 14.3. The van der Waals surface area contributed by atoms with Gasteiger partial charge in [0.05, 0.1) is 5.76 Å².